The zero-order chi connectivity index (χ0) is 18.8. The van der Waals surface area contributed by atoms with Crippen LogP contribution in [0.15, 0.2) is 47.3 Å². The molecule has 1 aliphatic rings. The molecule has 0 saturated carbocycles. The van der Waals surface area contributed by atoms with Crippen LogP contribution in [0.4, 0.5) is 0 Å². The van der Waals surface area contributed by atoms with Gasteiger partial charge in [0.25, 0.3) is 11.5 Å². The monoisotopic (exact) mass is 361 g/mol. The Hall–Kier alpha value is -2.95. The van der Waals surface area contributed by atoms with Crippen molar-refractivity contribution >= 4 is 16.8 Å². The molecule has 0 saturated heterocycles. The zero-order valence-electron chi connectivity index (χ0n) is 15.5. The van der Waals surface area contributed by atoms with Crippen LogP contribution < -0.4 is 10.9 Å². The Morgan fingerprint density at radius 1 is 1.19 bits per heavy atom. The number of nitrogens with zero attached hydrogens (tertiary/aromatic N) is 2. The van der Waals surface area contributed by atoms with E-state index < -0.39 is 0 Å². The number of benzene rings is 2. The quantitative estimate of drug-likeness (QED) is 0.777. The molecule has 4 rings (SSSR count). The van der Waals surface area contributed by atoms with Gasteiger partial charge in [0, 0.05) is 25.1 Å². The summed E-state index contributed by atoms with van der Waals surface area (Å²) >= 11 is 0. The molecule has 27 heavy (non-hydrogen) atoms. The molecule has 0 fully saturated rings. The smallest absolute Gasteiger partial charge is 0.261 e. The Morgan fingerprint density at radius 3 is 2.93 bits per heavy atom. The normalized spacial score (nSPS) is 13.4. The molecule has 3 aromatic rings. The van der Waals surface area contributed by atoms with Gasteiger partial charge in [-0.3, -0.25) is 14.2 Å². The molecule has 1 aliphatic heterocycles. The highest BCUT2D eigenvalue weighted by atomic mass is 16.1. The Bertz CT molecular complexity index is 1070. The lowest BCUT2D eigenvalue weighted by atomic mass is 10.1. The number of aryl methyl sites for hydroxylation is 2. The van der Waals surface area contributed by atoms with Crippen molar-refractivity contribution in [2.45, 2.75) is 39.2 Å². The molecular formula is C22H23N3O2. The Labute approximate surface area is 158 Å². The lowest BCUT2D eigenvalue weighted by molar-refractivity contribution is 0.0954. The van der Waals surface area contributed by atoms with Gasteiger partial charge in [-0.1, -0.05) is 29.8 Å². The van der Waals surface area contributed by atoms with Gasteiger partial charge in [0.1, 0.15) is 5.82 Å². The molecule has 5 heteroatoms. The molecule has 1 amide bonds. The van der Waals surface area contributed by atoms with Crippen molar-refractivity contribution in [3.63, 3.8) is 0 Å². The molecule has 1 aromatic heterocycles. The molecule has 5 nitrogen and oxygen atoms in total. The summed E-state index contributed by atoms with van der Waals surface area (Å²) in [5, 5.41) is 3.54. The molecule has 1 N–H and O–H groups in total. The number of aromatic nitrogens is 2. The molecule has 2 aromatic carbocycles. The average molecular weight is 361 g/mol. The fourth-order valence-corrected chi connectivity index (χ4v) is 3.67. The number of hydrogen-bond acceptors (Lipinski definition) is 3. The van der Waals surface area contributed by atoms with Crippen molar-refractivity contribution in [3.8, 4) is 0 Å². The van der Waals surface area contributed by atoms with Crippen molar-refractivity contribution in [2.75, 3.05) is 6.54 Å². The number of rotatable bonds is 4. The molecular weight excluding hydrogens is 338 g/mol. The minimum Gasteiger partial charge on any atom is -0.352 e. The first kappa shape index (κ1) is 17.5. The summed E-state index contributed by atoms with van der Waals surface area (Å²) in [5.74, 6) is 0.694. The van der Waals surface area contributed by atoms with E-state index in [-0.39, 0.29) is 11.5 Å². The van der Waals surface area contributed by atoms with Crippen LogP contribution in [0.25, 0.3) is 10.9 Å². The zero-order valence-corrected chi connectivity index (χ0v) is 15.5. The number of hydrogen-bond donors (Lipinski definition) is 1. The van der Waals surface area contributed by atoms with E-state index in [1.54, 1.807) is 22.8 Å². The molecule has 0 aliphatic carbocycles. The third kappa shape index (κ3) is 3.63. The van der Waals surface area contributed by atoms with E-state index in [9.17, 15) is 9.59 Å². The van der Waals surface area contributed by atoms with Gasteiger partial charge in [-0.2, -0.15) is 0 Å². The van der Waals surface area contributed by atoms with E-state index in [1.165, 1.54) is 11.1 Å². The van der Waals surface area contributed by atoms with Crippen LogP contribution in [-0.4, -0.2) is 22.0 Å². The fourth-order valence-electron chi connectivity index (χ4n) is 3.67. The van der Waals surface area contributed by atoms with E-state index in [1.807, 2.05) is 6.07 Å². The first-order chi connectivity index (χ1) is 13.1. The molecule has 0 atom stereocenters. The molecule has 0 radical (unpaired) electrons. The van der Waals surface area contributed by atoms with Crippen LogP contribution in [0.5, 0.6) is 0 Å². The Morgan fingerprint density at radius 2 is 2.07 bits per heavy atom. The first-order valence-electron chi connectivity index (χ1n) is 9.49. The lowest BCUT2D eigenvalue weighted by Gasteiger charge is -2.17. The topological polar surface area (TPSA) is 64.0 Å². The third-order valence-electron chi connectivity index (χ3n) is 5.11. The minimum absolute atomic E-state index is 0.00102. The van der Waals surface area contributed by atoms with E-state index in [4.69, 9.17) is 0 Å². The maximum atomic E-state index is 12.6. The van der Waals surface area contributed by atoms with Crippen molar-refractivity contribution in [2.24, 2.45) is 0 Å². The number of carbonyl (C=O) groups is 1. The van der Waals surface area contributed by atoms with Gasteiger partial charge in [0.05, 0.1) is 10.9 Å². The highest BCUT2D eigenvalue weighted by molar-refractivity contribution is 5.97. The van der Waals surface area contributed by atoms with Crippen molar-refractivity contribution in [1.29, 1.82) is 0 Å². The second-order valence-electron chi connectivity index (χ2n) is 7.17. The van der Waals surface area contributed by atoms with Gasteiger partial charge in [-0.25, -0.2) is 4.98 Å². The summed E-state index contributed by atoms with van der Waals surface area (Å²) in [7, 11) is 0. The van der Waals surface area contributed by atoms with Gasteiger partial charge in [0.2, 0.25) is 0 Å². The molecule has 0 unspecified atom stereocenters. The molecule has 0 bridgehead atoms. The maximum Gasteiger partial charge on any atom is 0.261 e. The van der Waals surface area contributed by atoms with Crippen molar-refractivity contribution in [1.82, 2.24) is 14.9 Å². The second kappa shape index (κ2) is 7.35. The number of carbonyl (C=O) groups excluding carboxylic acids is 1. The van der Waals surface area contributed by atoms with Crippen molar-refractivity contribution in [3.05, 3.63) is 75.3 Å². The molecule has 138 valence electrons. The minimum atomic E-state index is -0.135. The van der Waals surface area contributed by atoms with Crippen LogP contribution in [-0.2, 0) is 19.4 Å². The number of amides is 1. The highest BCUT2D eigenvalue weighted by Gasteiger charge is 2.15. The van der Waals surface area contributed by atoms with Gasteiger partial charge in [-0.05, 0) is 49.9 Å². The lowest BCUT2D eigenvalue weighted by Crippen LogP contribution is -2.29. The Kier molecular flexibility index (Phi) is 4.75. The summed E-state index contributed by atoms with van der Waals surface area (Å²) in [6.07, 6.45) is 3.67. The summed E-state index contributed by atoms with van der Waals surface area (Å²) in [5.41, 5.74) is 3.57. The van der Waals surface area contributed by atoms with Crippen LogP contribution in [0.3, 0.4) is 0 Å². The predicted octanol–water partition coefficient (Wildman–Crippen LogP) is 3.01. The first-order valence-corrected chi connectivity index (χ1v) is 9.49. The van der Waals surface area contributed by atoms with Gasteiger partial charge in [0.15, 0.2) is 0 Å². The van der Waals surface area contributed by atoms with E-state index in [2.05, 4.69) is 35.4 Å². The highest BCUT2D eigenvalue weighted by Crippen LogP contribution is 2.16. The van der Waals surface area contributed by atoms with Crippen molar-refractivity contribution < 1.29 is 4.79 Å². The third-order valence-corrected chi connectivity index (χ3v) is 5.11. The van der Waals surface area contributed by atoms with E-state index in [0.29, 0.717) is 23.0 Å². The van der Waals surface area contributed by atoms with Gasteiger partial charge >= 0.3 is 0 Å². The number of nitrogens with one attached hydrogen (secondary N) is 1. The van der Waals surface area contributed by atoms with Gasteiger partial charge in [-0.15, -0.1) is 0 Å². The summed E-state index contributed by atoms with van der Waals surface area (Å²) in [6, 6.07) is 13.4. The van der Waals surface area contributed by atoms with Crippen LogP contribution in [0.2, 0.25) is 0 Å². The maximum absolute atomic E-state index is 12.6. The summed E-state index contributed by atoms with van der Waals surface area (Å²) in [6.45, 7) is 3.37. The van der Waals surface area contributed by atoms with Crippen LogP contribution >= 0.6 is 0 Å². The fraction of sp³-hybridized carbons (Fsp3) is 0.318. The molecule has 0 spiro atoms. The van der Waals surface area contributed by atoms with E-state index >= 15 is 0 Å². The van der Waals surface area contributed by atoms with Crippen LogP contribution in [0.1, 0.15) is 40.2 Å². The number of fused-ring (bicyclic) bond motifs is 2. The van der Waals surface area contributed by atoms with E-state index in [0.717, 1.165) is 38.1 Å². The average Bonchev–Trinajstić information content (AvgIpc) is 2.68. The van der Waals surface area contributed by atoms with Gasteiger partial charge < -0.3 is 5.32 Å². The largest absolute Gasteiger partial charge is 0.352 e. The standard InChI is InChI=1S/C22H23N3O2/c1-15-5-4-6-16(13-15)10-11-23-21(26)17-8-9-18-19(14-17)24-20-7-2-3-12-25(20)22(18)27/h4-6,8-9,13-14H,2-3,7,10-12H2,1H3,(H,23,26). The van der Waals surface area contributed by atoms with Crippen LogP contribution in [0, 0.1) is 6.92 Å². The summed E-state index contributed by atoms with van der Waals surface area (Å²) < 4.78 is 1.77. The second-order valence-corrected chi connectivity index (χ2v) is 7.17. The Balaban J connectivity index is 1.51. The summed E-state index contributed by atoms with van der Waals surface area (Å²) in [4.78, 5) is 29.8. The predicted molar refractivity (Wildman–Crippen MR) is 106 cm³/mol. The molecule has 2 heterocycles. The SMILES string of the molecule is Cc1cccc(CCNC(=O)c2ccc3c(=O)n4c(nc3c2)CCCC4)c1.